The molecule has 4 amide bonds. The number of imide groups is 1. The van der Waals surface area contributed by atoms with Crippen molar-refractivity contribution < 1.29 is 28.8 Å². The second-order valence-electron chi connectivity index (χ2n) is 4.38. The van der Waals surface area contributed by atoms with Gasteiger partial charge in [0.1, 0.15) is 0 Å². The van der Waals surface area contributed by atoms with Crippen molar-refractivity contribution in [3.05, 3.63) is 0 Å². The molecule has 1 saturated heterocycles. The fourth-order valence-electron chi connectivity index (χ4n) is 1.55. The van der Waals surface area contributed by atoms with Crippen LogP contribution in [-0.4, -0.2) is 47.8 Å². The lowest BCUT2D eigenvalue weighted by Gasteiger charge is -2.12. The molecule has 0 aromatic rings. The number of hydrogen-bond acceptors (Lipinski definition) is 6. The fraction of sp³-hybridized carbons (Fsp3) is 0.583. The molecule has 0 spiro atoms. The van der Waals surface area contributed by atoms with E-state index in [4.69, 9.17) is 0 Å². The summed E-state index contributed by atoms with van der Waals surface area (Å²) in [5, 5.41) is 5.37. The van der Waals surface area contributed by atoms with E-state index in [1.165, 1.54) is 6.92 Å². The van der Waals surface area contributed by atoms with E-state index in [0.717, 1.165) is 0 Å². The maximum absolute atomic E-state index is 11.4. The van der Waals surface area contributed by atoms with Gasteiger partial charge in [-0.1, -0.05) is 0 Å². The monoisotopic (exact) mass is 299 g/mol. The van der Waals surface area contributed by atoms with Gasteiger partial charge >= 0.3 is 5.97 Å². The molecule has 116 valence electrons. The van der Waals surface area contributed by atoms with Crippen LogP contribution in [0.1, 0.15) is 32.6 Å². The van der Waals surface area contributed by atoms with Gasteiger partial charge in [0.25, 0.3) is 11.8 Å². The molecule has 0 aromatic heterocycles. The molecule has 21 heavy (non-hydrogen) atoms. The second kappa shape index (κ2) is 7.98. The predicted molar refractivity (Wildman–Crippen MR) is 68.1 cm³/mol. The number of nitrogens with zero attached hydrogens (tertiary/aromatic N) is 1. The van der Waals surface area contributed by atoms with Crippen LogP contribution in [0.2, 0.25) is 0 Å². The molecule has 2 N–H and O–H groups in total. The average Bonchev–Trinajstić information content (AvgIpc) is 2.70. The minimum atomic E-state index is -0.777. The molecule has 1 aliphatic rings. The molecule has 1 rings (SSSR count). The van der Waals surface area contributed by atoms with E-state index in [2.05, 4.69) is 15.5 Å². The normalized spacial score (nSPS) is 14.0. The minimum absolute atomic E-state index is 0.0218. The van der Waals surface area contributed by atoms with E-state index >= 15 is 0 Å². The standard InChI is InChI=1S/C12H17N3O6/c1-8(16)13-6-4-9(17)14-7-5-12(20)21-15-10(18)2-3-11(15)19/h2-7H2,1H3,(H,13,16)(H,14,17). The van der Waals surface area contributed by atoms with Gasteiger partial charge in [-0.25, -0.2) is 4.79 Å². The van der Waals surface area contributed by atoms with E-state index in [1.54, 1.807) is 0 Å². The Hall–Kier alpha value is -2.45. The first-order chi connectivity index (χ1) is 9.90. The molecule has 0 unspecified atom stereocenters. The third-order valence-corrected chi connectivity index (χ3v) is 2.58. The lowest BCUT2D eigenvalue weighted by atomic mass is 10.3. The summed E-state index contributed by atoms with van der Waals surface area (Å²) in [6, 6.07) is 0. The van der Waals surface area contributed by atoms with Crippen molar-refractivity contribution in [1.29, 1.82) is 0 Å². The summed E-state index contributed by atoms with van der Waals surface area (Å²) in [7, 11) is 0. The zero-order valence-corrected chi connectivity index (χ0v) is 11.6. The number of hydroxylamine groups is 2. The summed E-state index contributed by atoms with van der Waals surface area (Å²) < 4.78 is 0. The van der Waals surface area contributed by atoms with Crippen LogP contribution in [0.15, 0.2) is 0 Å². The van der Waals surface area contributed by atoms with Crippen LogP contribution >= 0.6 is 0 Å². The molecule has 9 nitrogen and oxygen atoms in total. The maximum atomic E-state index is 11.4. The van der Waals surface area contributed by atoms with Crippen molar-refractivity contribution in [2.45, 2.75) is 32.6 Å². The van der Waals surface area contributed by atoms with Crippen LogP contribution in [0.5, 0.6) is 0 Å². The van der Waals surface area contributed by atoms with Crippen LogP contribution in [0.3, 0.4) is 0 Å². The lowest BCUT2D eigenvalue weighted by Crippen LogP contribution is -2.34. The van der Waals surface area contributed by atoms with E-state index in [0.29, 0.717) is 5.06 Å². The summed E-state index contributed by atoms with van der Waals surface area (Å²) in [4.78, 5) is 60.3. The van der Waals surface area contributed by atoms with Crippen LogP contribution in [0.4, 0.5) is 0 Å². The van der Waals surface area contributed by atoms with Crippen molar-refractivity contribution in [2.24, 2.45) is 0 Å². The highest BCUT2D eigenvalue weighted by Crippen LogP contribution is 2.12. The predicted octanol–water partition coefficient (Wildman–Crippen LogP) is -1.37. The molecule has 0 saturated carbocycles. The zero-order valence-electron chi connectivity index (χ0n) is 11.6. The Morgan fingerprint density at radius 2 is 1.62 bits per heavy atom. The van der Waals surface area contributed by atoms with Gasteiger partial charge in [0, 0.05) is 39.3 Å². The minimum Gasteiger partial charge on any atom is -0.356 e. The summed E-state index contributed by atoms with van der Waals surface area (Å²) in [6.45, 7) is 1.57. The molecule has 0 aliphatic carbocycles. The summed E-state index contributed by atoms with van der Waals surface area (Å²) >= 11 is 0. The summed E-state index contributed by atoms with van der Waals surface area (Å²) in [6.07, 6.45) is -0.00133. The topological polar surface area (TPSA) is 122 Å². The van der Waals surface area contributed by atoms with Gasteiger partial charge in [-0.05, 0) is 0 Å². The van der Waals surface area contributed by atoms with Crippen LogP contribution < -0.4 is 10.6 Å². The molecule has 1 fully saturated rings. The van der Waals surface area contributed by atoms with Gasteiger partial charge in [-0.3, -0.25) is 19.2 Å². The number of rotatable bonds is 7. The van der Waals surface area contributed by atoms with Gasteiger partial charge in [0.2, 0.25) is 11.8 Å². The Balaban J connectivity index is 2.16. The SMILES string of the molecule is CC(=O)NCCC(=O)NCCC(=O)ON1C(=O)CCC1=O. The van der Waals surface area contributed by atoms with E-state index < -0.39 is 17.8 Å². The smallest absolute Gasteiger partial charge is 0.334 e. The van der Waals surface area contributed by atoms with Crippen molar-refractivity contribution in [2.75, 3.05) is 13.1 Å². The number of nitrogens with one attached hydrogen (secondary N) is 2. The molecule has 9 heteroatoms. The van der Waals surface area contributed by atoms with Gasteiger partial charge in [-0.15, -0.1) is 5.06 Å². The number of amides is 4. The van der Waals surface area contributed by atoms with Crippen LogP contribution in [0.25, 0.3) is 0 Å². The first-order valence-corrected chi connectivity index (χ1v) is 6.48. The number of hydrogen-bond donors (Lipinski definition) is 2. The van der Waals surface area contributed by atoms with Crippen LogP contribution in [-0.2, 0) is 28.8 Å². The molecule has 0 atom stereocenters. The third-order valence-electron chi connectivity index (χ3n) is 2.58. The van der Waals surface area contributed by atoms with Crippen molar-refractivity contribution in [3.8, 4) is 0 Å². The first kappa shape index (κ1) is 16.6. The zero-order chi connectivity index (χ0) is 15.8. The van der Waals surface area contributed by atoms with Crippen molar-refractivity contribution in [3.63, 3.8) is 0 Å². The quantitative estimate of drug-likeness (QED) is 0.559. The van der Waals surface area contributed by atoms with Gasteiger partial charge < -0.3 is 15.5 Å². The summed E-state index contributed by atoms with van der Waals surface area (Å²) in [5.41, 5.74) is 0. The Bertz CT molecular complexity index is 446. The van der Waals surface area contributed by atoms with Crippen LogP contribution in [0, 0.1) is 0 Å². The Kier molecular flexibility index (Phi) is 6.31. The molecule has 1 aliphatic heterocycles. The molecule has 0 radical (unpaired) electrons. The molecule has 1 heterocycles. The number of carbonyl (C=O) groups is 5. The highest BCUT2D eigenvalue weighted by molar-refractivity contribution is 6.01. The second-order valence-corrected chi connectivity index (χ2v) is 4.38. The fourth-order valence-corrected chi connectivity index (χ4v) is 1.55. The highest BCUT2D eigenvalue weighted by Gasteiger charge is 2.32. The number of carbonyl (C=O) groups excluding carboxylic acids is 5. The largest absolute Gasteiger partial charge is 0.356 e. The Morgan fingerprint density at radius 1 is 1.05 bits per heavy atom. The molecule has 0 aromatic carbocycles. The van der Waals surface area contributed by atoms with E-state index in [1.807, 2.05) is 0 Å². The lowest BCUT2D eigenvalue weighted by molar-refractivity contribution is -0.197. The first-order valence-electron chi connectivity index (χ1n) is 6.48. The highest BCUT2D eigenvalue weighted by atomic mass is 16.7. The van der Waals surface area contributed by atoms with E-state index in [9.17, 15) is 24.0 Å². The average molecular weight is 299 g/mol. The Labute approximate surface area is 120 Å². The van der Waals surface area contributed by atoms with Crippen molar-refractivity contribution in [1.82, 2.24) is 15.7 Å². The van der Waals surface area contributed by atoms with Gasteiger partial charge in [0.15, 0.2) is 0 Å². The molecular formula is C12H17N3O6. The van der Waals surface area contributed by atoms with Gasteiger partial charge in [0.05, 0.1) is 6.42 Å². The van der Waals surface area contributed by atoms with Gasteiger partial charge in [-0.2, -0.15) is 0 Å². The Morgan fingerprint density at radius 3 is 2.19 bits per heavy atom. The maximum Gasteiger partial charge on any atom is 0.334 e. The molecular weight excluding hydrogens is 282 g/mol. The summed E-state index contributed by atoms with van der Waals surface area (Å²) in [5.74, 6) is -2.43. The third kappa shape index (κ3) is 6.02. The van der Waals surface area contributed by atoms with E-state index in [-0.39, 0.29) is 50.6 Å². The van der Waals surface area contributed by atoms with Crippen molar-refractivity contribution >= 4 is 29.6 Å². The molecule has 0 bridgehead atoms.